The number of piperidine rings is 2. The van der Waals surface area contributed by atoms with Crippen molar-refractivity contribution in [3.8, 4) is 11.3 Å². The Kier molecular flexibility index (Phi) is 8.71. The van der Waals surface area contributed by atoms with Gasteiger partial charge in [0.1, 0.15) is 6.54 Å². The molecule has 0 unspecified atom stereocenters. The van der Waals surface area contributed by atoms with Gasteiger partial charge in [0.2, 0.25) is 5.91 Å². The van der Waals surface area contributed by atoms with Crippen LogP contribution in [0.3, 0.4) is 0 Å². The molecule has 0 saturated carbocycles. The van der Waals surface area contributed by atoms with Crippen molar-refractivity contribution in [3.63, 3.8) is 0 Å². The van der Waals surface area contributed by atoms with Crippen molar-refractivity contribution < 1.29 is 4.79 Å². The van der Waals surface area contributed by atoms with Crippen LogP contribution in [0.2, 0.25) is 0 Å². The van der Waals surface area contributed by atoms with Crippen molar-refractivity contribution in [3.05, 3.63) is 95.1 Å². The van der Waals surface area contributed by atoms with Crippen molar-refractivity contribution in [1.82, 2.24) is 19.7 Å². The molecule has 238 valence electrons. The average Bonchev–Trinajstić information content (AvgIpc) is 3.29. The third kappa shape index (κ3) is 6.35. The van der Waals surface area contributed by atoms with Gasteiger partial charge in [-0.15, -0.1) is 0 Å². The van der Waals surface area contributed by atoms with E-state index in [4.69, 9.17) is 0 Å². The van der Waals surface area contributed by atoms with Crippen molar-refractivity contribution in [2.24, 2.45) is 0 Å². The molecule has 45 heavy (non-hydrogen) atoms. The summed E-state index contributed by atoms with van der Waals surface area (Å²) < 4.78 is 2.28. The minimum absolute atomic E-state index is 0.0214. The second kappa shape index (κ2) is 12.4. The minimum atomic E-state index is 0.0214. The predicted octanol–water partition coefficient (Wildman–Crippen LogP) is 8.07. The van der Waals surface area contributed by atoms with Crippen LogP contribution in [0.15, 0.2) is 72.8 Å². The summed E-state index contributed by atoms with van der Waals surface area (Å²) in [6.45, 7) is 17.0. The zero-order chi connectivity index (χ0) is 31.9. The van der Waals surface area contributed by atoms with E-state index in [0.29, 0.717) is 12.5 Å². The molecule has 4 aromatic rings. The molecule has 0 aliphatic carbocycles. The lowest BCUT2D eigenvalue weighted by Crippen LogP contribution is -2.62. The molecule has 1 N–H and O–H groups in total. The summed E-state index contributed by atoms with van der Waals surface area (Å²) in [5, 5.41) is 4.72. The molecule has 3 heterocycles. The molecule has 2 aliphatic rings. The van der Waals surface area contributed by atoms with E-state index in [0.717, 1.165) is 38.0 Å². The van der Waals surface area contributed by atoms with Crippen molar-refractivity contribution in [1.29, 1.82) is 0 Å². The third-order valence-electron chi connectivity index (χ3n) is 11.0. The number of aryl methyl sites for hydroxylation is 2. The summed E-state index contributed by atoms with van der Waals surface area (Å²) in [5.74, 6) is 0.714. The first-order valence-corrected chi connectivity index (χ1v) is 16.9. The van der Waals surface area contributed by atoms with E-state index >= 15 is 0 Å². The van der Waals surface area contributed by atoms with Crippen molar-refractivity contribution in [2.75, 3.05) is 20.1 Å². The number of aromatic nitrogens is 1. The number of carbonyl (C=O) groups is 1. The van der Waals surface area contributed by atoms with Crippen LogP contribution in [0.4, 0.5) is 0 Å². The van der Waals surface area contributed by atoms with Crippen molar-refractivity contribution in [2.45, 2.75) is 103 Å². The third-order valence-corrected chi connectivity index (χ3v) is 11.0. The fraction of sp³-hybridized carbons (Fsp3) is 0.475. The number of fused-ring (bicyclic) bond motifs is 1. The summed E-state index contributed by atoms with van der Waals surface area (Å²) in [6.07, 6.45) is 4.24. The van der Waals surface area contributed by atoms with Crippen LogP contribution in [0.5, 0.6) is 0 Å². The number of hydrogen-bond acceptors (Lipinski definition) is 3. The number of nitrogens with zero attached hydrogens (tertiary/aromatic N) is 3. The highest BCUT2D eigenvalue weighted by Gasteiger charge is 2.43. The molecule has 1 aromatic heterocycles. The minimum Gasteiger partial charge on any atom is -0.352 e. The molecule has 5 nitrogen and oxygen atoms in total. The van der Waals surface area contributed by atoms with Crippen molar-refractivity contribution >= 4 is 16.8 Å². The first-order chi connectivity index (χ1) is 21.4. The van der Waals surface area contributed by atoms with E-state index in [1.165, 1.54) is 46.2 Å². The monoisotopic (exact) mass is 604 g/mol. The van der Waals surface area contributed by atoms with Gasteiger partial charge in [-0.05, 0) is 127 Å². The van der Waals surface area contributed by atoms with Gasteiger partial charge in [0, 0.05) is 34.6 Å². The van der Waals surface area contributed by atoms with Crippen LogP contribution in [-0.4, -0.2) is 57.5 Å². The standard InChI is InChI=1S/C40H52N4O/c1-28-14-13-15-29(2)37(28)30-20-22-43(23-21-30)26-34-33-18-11-12-19-35(33)44(38(34)31-16-9-8-10-17-31)27-36(45)41-32-24-39(3,4)42(7)40(5,6)25-32/h8-19,30,32H,20-27H2,1-7H3,(H,41,45). The summed E-state index contributed by atoms with van der Waals surface area (Å²) in [6, 6.07) is 26.2. The van der Waals surface area contributed by atoms with Crippen LogP contribution < -0.4 is 5.32 Å². The van der Waals surface area contributed by atoms with Gasteiger partial charge in [0.15, 0.2) is 0 Å². The van der Waals surface area contributed by atoms with E-state index in [1.54, 1.807) is 5.56 Å². The Morgan fingerprint density at radius 1 is 0.822 bits per heavy atom. The van der Waals surface area contributed by atoms with Crippen LogP contribution >= 0.6 is 0 Å². The predicted molar refractivity (Wildman–Crippen MR) is 188 cm³/mol. The number of nitrogens with one attached hydrogen (secondary N) is 1. The molecule has 2 fully saturated rings. The van der Waals surface area contributed by atoms with E-state index < -0.39 is 0 Å². The Balaban J connectivity index is 1.28. The number of benzene rings is 3. The van der Waals surface area contributed by atoms with Crippen LogP contribution in [0.25, 0.3) is 22.2 Å². The van der Waals surface area contributed by atoms with Crippen LogP contribution in [-0.2, 0) is 17.9 Å². The molecule has 5 heteroatoms. The van der Waals surface area contributed by atoms with Gasteiger partial charge in [-0.1, -0.05) is 66.7 Å². The molecule has 3 aromatic carbocycles. The number of para-hydroxylation sites is 1. The van der Waals surface area contributed by atoms with Crippen LogP contribution in [0.1, 0.15) is 81.5 Å². The van der Waals surface area contributed by atoms with E-state index in [9.17, 15) is 4.79 Å². The number of hydrogen-bond donors (Lipinski definition) is 1. The van der Waals surface area contributed by atoms with E-state index in [2.05, 4.69) is 141 Å². The lowest BCUT2D eigenvalue weighted by atomic mass is 9.77. The fourth-order valence-corrected chi connectivity index (χ4v) is 8.59. The van der Waals surface area contributed by atoms with Gasteiger partial charge in [-0.2, -0.15) is 0 Å². The Bertz CT molecular complexity index is 1620. The first kappa shape index (κ1) is 31.6. The zero-order valence-corrected chi connectivity index (χ0v) is 28.5. The Hall–Kier alpha value is -3.41. The van der Waals surface area contributed by atoms with Gasteiger partial charge in [0.05, 0.1) is 5.69 Å². The fourth-order valence-electron chi connectivity index (χ4n) is 8.59. The van der Waals surface area contributed by atoms with Gasteiger partial charge >= 0.3 is 0 Å². The summed E-state index contributed by atoms with van der Waals surface area (Å²) in [4.78, 5) is 19.0. The lowest BCUT2D eigenvalue weighted by Gasteiger charge is -2.53. The van der Waals surface area contributed by atoms with Gasteiger partial charge in [-0.3, -0.25) is 14.6 Å². The molecule has 0 bridgehead atoms. The van der Waals surface area contributed by atoms with Gasteiger partial charge in [0.25, 0.3) is 0 Å². The van der Waals surface area contributed by atoms with Gasteiger partial charge in [-0.25, -0.2) is 0 Å². The van der Waals surface area contributed by atoms with E-state index in [-0.39, 0.29) is 23.0 Å². The maximum Gasteiger partial charge on any atom is 0.240 e. The second-order valence-corrected chi connectivity index (χ2v) is 15.0. The SMILES string of the molecule is Cc1cccc(C)c1C1CCN(Cc2c(-c3ccccc3)n(CC(=O)NC3CC(C)(C)N(C)C(C)(C)C3)c3ccccc23)CC1. The molecular formula is C40H52N4O. The molecule has 0 atom stereocenters. The smallest absolute Gasteiger partial charge is 0.240 e. The maximum atomic E-state index is 13.9. The topological polar surface area (TPSA) is 40.5 Å². The Morgan fingerprint density at radius 3 is 2.07 bits per heavy atom. The highest BCUT2D eigenvalue weighted by Crippen LogP contribution is 2.39. The first-order valence-electron chi connectivity index (χ1n) is 16.9. The zero-order valence-electron chi connectivity index (χ0n) is 28.5. The maximum absolute atomic E-state index is 13.9. The quantitative estimate of drug-likeness (QED) is 0.232. The normalized spacial score (nSPS) is 19.6. The lowest BCUT2D eigenvalue weighted by molar-refractivity contribution is -0.123. The summed E-state index contributed by atoms with van der Waals surface area (Å²) >= 11 is 0. The van der Waals surface area contributed by atoms with E-state index in [1.807, 2.05) is 0 Å². The summed E-state index contributed by atoms with van der Waals surface area (Å²) in [7, 11) is 2.21. The summed E-state index contributed by atoms with van der Waals surface area (Å²) in [5.41, 5.74) is 9.26. The molecule has 1 amide bonds. The second-order valence-electron chi connectivity index (χ2n) is 15.0. The molecule has 0 radical (unpaired) electrons. The molecular weight excluding hydrogens is 552 g/mol. The average molecular weight is 605 g/mol. The number of likely N-dealkylation sites (tertiary alicyclic amines) is 2. The van der Waals surface area contributed by atoms with Crippen LogP contribution in [0, 0.1) is 13.8 Å². The molecule has 6 rings (SSSR count). The molecule has 2 aliphatic heterocycles. The highest BCUT2D eigenvalue weighted by atomic mass is 16.2. The number of amides is 1. The largest absolute Gasteiger partial charge is 0.352 e. The molecule has 0 spiro atoms. The number of carbonyl (C=O) groups excluding carboxylic acids is 1. The Morgan fingerprint density at radius 2 is 1.42 bits per heavy atom. The van der Waals surface area contributed by atoms with Gasteiger partial charge < -0.3 is 9.88 Å². The highest BCUT2D eigenvalue weighted by molar-refractivity contribution is 5.93. The number of rotatable bonds is 7. The Labute approximate surface area is 270 Å². The molecule has 2 saturated heterocycles.